The summed E-state index contributed by atoms with van der Waals surface area (Å²) in [6.45, 7) is 8.57. The van der Waals surface area contributed by atoms with Gasteiger partial charge in [-0.05, 0) is 49.9 Å². The van der Waals surface area contributed by atoms with Crippen molar-refractivity contribution in [3.05, 3.63) is 65.9 Å². The molecule has 0 aliphatic carbocycles. The van der Waals surface area contributed by atoms with Crippen LogP contribution in [0.25, 0.3) is 62.4 Å². The van der Waals surface area contributed by atoms with Crippen molar-refractivity contribution in [3.63, 3.8) is 0 Å². The predicted octanol–water partition coefficient (Wildman–Crippen LogP) is 7.48. The lowest BCUT2D eigenvalue weighted by Crippen LogP contribution is -2.12. The van der Waals surface area contributed by atoms with Crippen molar-refractivity contribution < 1.29 is 0 Å². The van der Waals surface area contributed by atoms with Crippen molar-refractivity contribution in [3.8, 4) is 0 Å². The van der Waals surface area contributed by atoms with E-state index in [9.17, 15) is 9.59 Å². The fourth-order valence-electron chi connectivity index (χ4n) is 6.35. The average molecular weight is 513 g/mol. The second kappa shape index (κ2) is 6.40. The minimum atomic E-state index is -0.00134. The standard InChI is InChI=1S/C28H20N2O2S3/c1-5-13-11(3)33-19-9-17-15-7-8-16-18-10-20-24(14(6-2)12(4)34-20)30(18)28(32)26-22(16)21(15)25(35-26)27(31)29(17)23(13)19/h7-10H,5-6H2,1-4H3. The molecule has 7 aromatic heterocycles. The Morgan fingerprint density at radius 1 is 0.686 bits per heavy atom. The fourth-order valence-corrected chi connectivity index (χ4v) is 9.89. The molecule has 0 spiro atoms. The van der Waals surface area contributed by atoms with E-state index in [-0.39, 0.29) is 11.1 Å². The molecular formula is C28H20N2O2S3. The van der Waals surface area contributed by atoms with Gasteiger partial charge in [-0.15, -0.1) is 34.0 Å². The third-order valence-electron chi connectivity index (χ3n) is 7.80. The molecular weight excluding hydrogens is 493 g/mol. The molecule has 0 bridgehead atoms. The van der Waals surface area contributed by atoms with E-state index in [0.717, 1.165) is 65.9 Å². The highest BCUT2D eigenvalue weighted by Gasteiger charge is 2.26. The van der Waals surface area contributed by atoms with Crippen LogP contribution in [0.1, 0.15) is 34.7 Å². The van der Waals surface area contributed by atoms with Crippen molar-refractivity contribution in [2.24, 2.45) is 0 Å². The van der Waals surface area contributed by atoms with E-state index in [4.69, 9.17) is 0 Å². The molecule has 1 aromatic carbocycles. The number of pyridine rings is 2. The number of thiophene rings is 3. The number of benzene rings is 1. The van der Waals surface area contributed by atoms with Crippen molar-refractivity contribution in [2.75, 3.05) is 0 Å². The number of aromatic nitrogens is 2. The van der Waals surface area contributed by atoms with Gasteiger partial charge in [0.05, 0.1) is 31.5 Å². The van der Waals surface area contributed by atoms with E-state index in [1.54, 1.807) is 22.7 Å². The molecule has 4 nitrogen and oxygen atoms in total. The van der Waals surface area contributed by atoms with Gasteiger partial charge in [-0.2, -0.15) is 0 Å². The van der Waals surface area contributed by atoms with Gasteiger partial charge >= 0.3 is 0 Å². The largest absolute Gasteiger partial charge is 0.274 e. The quantitative estimate of drug-likeness (QED) is 0.225. The predicted molar refractivity (Wildman–Crippen MR) is 153 cm³/mol. The Balaban J connectivity index is 1.66. The van der Waals surface area contributed by atoms with Crippen LogP contribution < -0.4 is 11.1 Å². The van der Waals surface area contributed by atoms with Crippen LogP contribution in [-0.4, -0.2) is 8.80 Å². The molecule has 0 aliphatic heterocycles. The number of rotatable bonds is 2. The lowest BCUT2D eigenvalue weighted by Gasteiger charge is -2.07. The molecule has 8 rings (SSSR count). The second-order valence-electron chi connectivity index (χ2n) is 9.42. The summed E-state index contributed by atoms with van der Waals surface area (Å²) >= 11 is 4.91. The second-order valence-corrected chi connectivity index (χ2v) is 13.0. The summed E-state index contributed by atoms with van der Waals surface area (Å²) in [6.07, 6.45) is 1.78. The Bertz CT molecular complexity index is 2140. The van der Waals surface area contributed by atoms with Crippen LogP contribution in [0.2, 0.25) is 0 Å². The first kappa shape index (κ1) is 20.2. The molecule has 172 valence electrons. The molecule has 0 saturated heterocycles. The topological polar surface area (TPSA) is 43.0 Å². The lowest BCUT2D eigenvalue weighted by molar-refractivity contribution is 1.11. The first-order chi connectivity index (χ1) is 16.9. The number of hydrogen-bond acceptors (Lipinski definition) is 5. The van der Waals surface area contributed by atoms with Crippen LogP contribution in [-0.2, 0) is 12.8 Å². The normalized spacial score (nSPS) is 13.0. The van der Waals surface area contributed by atoms with Gasteiger partial charge in [0, 0.05) is 31.3 Å². The summed E-state index contributed by atoms with van der Waals surface area (Å²) in [6, 6.07) is 8.65. The number of hydrogen-bond donors (Lipinski definition) is 0. The Morgan fingerprint density at radius 2 is 1.11 bits per heavy atom. The zero-order valence-electron chi connectivity index (χ0n) is 19.7. The third-order valence-corrected chi connectivity index (χ3v) is 11.1. The Kier molecular flexibility index (Phi) is 3.70. The molecule has 0 unspecified atom stereocenters. The highest BCUT2D eigenvalue weighted by atomic mass is 32.1. The van der Waals surface area contributed by atoms with Crippen LogP contribution in [0, 0.1) is 13.8 Å². The molecule has 0 fully saturated rings. The molecule has 0 saturated carbocycles. The zero-order valence-corrected chi connectivity index (χ0v) is 22.1. The maximum Gasteiger partial charge on any atom is 0.273 e. The summed E-state index contributed by atoms with van der Waals surface area (Å²) in [4.78, 5) is 30.5. The molecule has 8 aromatic rings. The number of aryl methyl sites for hydroxylation is 4. The van der Waals surface area contributed by atoms with Gasteiger partial charge in [0.2, 0.25) is 0 Å². The van der Waals surface area contributed by atoms with E-state index in [1.165, 1.54) is 32.2 Å². The van der Waals surface area contributed by atoms with Gasteiger partial charge in [0.15, 0.2) is 0 Å². The van der Waals surface area contributed by atoms with Gasteiger partial charge in [0.25, 0.3) is 11.1 Å². The van der Waals surface area contributed by atoms with Crippen LogP contribution in [0.15, 0.2) is 33.9 Å². The summed E-state index contributed by atoms with van der Waals surface area (Å²) in [5.74, 6) is 0. The van der Waals surface area contributed by atoms with Gasteiger partial charge in [-0.1, -0.05) is 26.0 Å². The highest BCUT2D eigenvalue weighted by molar-refractivity contribution is 7.26. The lowest BCUT2D eigenvalue weighted by atomic mass is 10.0. The number of nitrogens with zero attached hydrogens (tertiary/aromatic N) is 2. The van der Waals surface area contributed by atoms with Crippen LogP contribution in [0.5, 0.6) is 0 Å². The molecule has 0 radical (unpaired) electrons. The van der Waals surface area contributed by atoms with E-state index in [0.29, 0.717) is 9.40 Å². The Hall–Kier alpha value is -3.00. The SMILES string of the molecule is CCc1c(C)sc2cc3c4ccc5c6c(sc(c(=O)n3c12)c46)c(=O)n1c5cc2sc(C)c(CC)c21. The number of fused-ring (bicyclic) bond motifs is 8. The van der Waals surface area contributed by atoms with Crippen molar-refractivity contribution in [1.82, 2.24) is 8.80 Å². The summed E-state index contributed by atoms with van der Waals surface area (Å²) in [5.41, 5.74) is 6.48. The van der Waals surface area contributed by atoms with E-state index in [2.05, 4.69) is 52.0 Å². The summed E-state index contributed by atoms with van der Waals surface area (Å²) in [5, 5.41) is 4.03. The molecule has 7 heteroatoms. The zero-order chi connectivity index (χ0) is 23.9. The molecule has 0 amide bonds. The fraction of sp³-hybridized carbons (Fsp3) is 0.214. The summed E-state index contributed by atoms with van der Waals surface area (Å²) in [7, 11) is 0. The Morgan fingerprint density at radius 3 is 1.51 bits per heavy atom. The molecule has 35 heavy (non-hydrogen) atoms. The first-order valence-electron chi connectivity index (χ1n) is 11.9. The molecule has 7 heterocycles. The Labute approximate surface area is 210 Å². The molecule has 0 N–H and O–H groups in total. The van der Waals surface area contributed by atoms with Crippen LogP contribution >= 0.6 is 34.0 Å². The van der Waals surface area contributed by atoms with Crippen LogP contribution in [0.3, 0.4) is 0 Å². The third kappa shape index (κ3) is 2.15. The van der Waals surface area contributed by atoms with Crippen molar-refractivity contribution >= 4 is 96.4 Å². The minimum absolute atomic E-state index is 0.00134. The van der Waals surface area contributed by atoms with Crippen molar-refractivity contribution in [1.29, 1.82) is 0 Å². The van der Waals surface area contributed by atoms with Gasteiger partial charge in [-0.3, -0.25) is 18.4 Å². The highest BCUT2D eigenvalue weighted by Crippen LogP contribution is 2.44. The van der Waals surface area contributed by atoms with Gasteiger partial charge in [0.1, 0.15) is 9.40 Å². The van der Waals surface area contributed by atoms with Gasteiger partial charge < -0.3 is 0 Å². The minimum Gasteiger partial charge on any atom is -0.274 e. The van der Waals surface area contributed by atoms with E-state index < -0.39 is 0 Å². The van der Waals surface area contributed by atoms with Gasteiger partial charge in [-0.25, -0.2) is 0 Å². The molecule has 0 aliphatic rings. The maximum absolute atomic E-state index is 14.0. The van der Waals surface area contributed by atoms with Crippen molar-refractivity contribution in [2.45, 2.75) is 40.5 Å². The summed E-state index contributed by atoms with van der Waals surface area (Å²) < 4.78 is 7.52. The van der Waals surface area contributed by atoms with E-state index in [1.807, 2.05) is 8.80 Å². The van der Waals surface area contributed by atoms with Crippen LogP contribution in [0.4, 0.5) is 0 Å². The average Bonchev–Trinajstić information content (AvgIpc) is 3.61. The monoisotopic (exact) mass is 512 g/mol. The van der Waals surface area contributed by atoms with E-state index >= 15 is 0 Å². The smallest absolute Gasteiger partial charge is 0.273 e. The molecule has 0 atom stereocenters. The first-order valence-corrected chi connectivity index (χ1v) is 14.4. The maximum atomic E-state index is 14.0.